The first-order chi connectivity index (χ1) is 9.52. The number of rotatable bonds is 5. The fraction of sp³-hybridized carbons (Fsp3) is 0.333. The van der Waals surface area contributed by atoms with Crippen LogP contribution in [-0.2, 0) is 20.0 Å². The summed E-state index contributed by atoms with van der Waals surface area (Å²) in [7, 11) is 1.87. The molecule has 0 spiro atoms. The van der Waals surface area contributed by atoms with Crippen LogP contribution in [0, 0.1) is 5.82 Å². The molecule has 0 atom stereocenters. The van der Waals surface area contributed by atoms with Crippen LogP contribution in [0.15, 0.2) is 24.4 Å². The lowest BCUT2D eigenvalue weighted by Gasteiger charge is -2.10. The molecule has 0 aliphatic heterocycles. The second-order valence-electron chi connectivity index (χ2n) is 4.70. The lowest BCUT2D eigenvalue weighted by atomic mass is 10.1. The van der Waals surface area contributed by atoms with Gasteiger partial charge in [-0.2, -0.15) is 5.10 Å². The summed E-state index contributed by atoms with van der Waals surface area (Å²) in [6, 6.07) is 4.60. The summed E-state index contributed by atoms with van der Waals surface area (Å²) >= 11 is 0. The quantitative estimate of drug-likeness (QED) is 0.853. The van der Waals surface area contributed by atoms with Gasteiger partial charge in [-0.3, -0.25) is 9.48 Å². The molecule has 0 bridgehead atoms. The van der Waals surface area contributed by atoms with E-state index in [2.05, 4.69) is 10.4 Å². The monoisotopic (exact) mass is 275 g/mol. The Bertz CT molecular complexity index is 634. The summed E-state index contributed by atoms with van der Waals surface area (Å²) in [5, 5.41) is 7.48. The van der Waals surface area contributed by atoms with Gasteiger partial charge in [-0.05, 0) is 25.5 Å². The van der Waals surface area contributed by atoms with Gasteiger partial charge in [-0.25, -0.2) is 4.39 Å². The van der Waals surface area contributed by atoms with Gasteiger partial charge in [-0.15, -0.1) is 0 Å². The molecule has 0 radical (unpaired) electrons. The Morgan fingerprint density at radius 1 is 1.45 bits per heavy atom. The number of carbonyl (C=O) groups is 1. The number of nitrogens with zero attached hydrogens (tertiary/aromatic N) is 2. The third-order valence-electron chi connectivity index (χ3n) is 3.16. The van der Waals surface area contributed by atoms with E-state index >= 15 is 0 Å². The number of hydrogen-bond donors (Lipinski definition) is 1. The van der Waals surface area contributed by atoms with Crippen molar-refractivity contribution < 1.29 is 9.18 Å². The maximum Gasteiger partial charge on any atom is 0.164 e. The zero-order chi connectivity index (χ0) is 14.7. The molecule has 4 nitrogen and oxygen atoms in total. The first kappa shape index (κ1) is 14.2. The largest absolute Gasteiger partial charge is 0.380 e. The van der Waals surface area contributed by atoms with Crippen molar-refractivity contribution in [1.29, 1.82) is 0 Å². The molecule has 0 unspecified atom stereocenters. The van der Waals surface area contributed by atoms with Crippen molar-refractivity contribution in [2.45, 2.75) is 26.8 Å². The minimum atomic E-state index is -0.496. The number of halogens is 1. The Morgan fingerprint density at radius 3 is 2.85 bits per heavy atom. The van der Waals surface area contributed by atoms with Gasteiger partial charge in [0.15, 0.2) is 5.78 Å². The Labute approximate surface area is 117 Å². The van der Waals surface area contributed by atoms with E-state index in [1.807, 2.05) is 20.2 Å². The van der Waals surface area contributed by atoms with Gasteiger partial charge in [0.25, 0.3) is 0 Å². The van der Waals surface area contributed by atoms with Crippen molar-refractivity contribution in [2.24, 2.45) is 7.05 Å². The van der Waals surface area contributed by atoms with Crippen molar-refractivity contribution in [1.82, 2.24) is 9.78 Å². The summed E-state index contributed by atoms with van der Waals surface area (Å²) < 4.78 is 15.5. The van der Waals surface area contributed by atoms with E-state index in [-0.39, 0.29) is 11.3 Å². The Morgan fingerprint density at radius 2 is 2.20 bits per heavy atom. The van der Waals surface area contributed by atoms with E-state index in [0.29, 0.717) is 12.2 Å². The molecule has 106 valence electrons. The number of Topliss-reactive ketones (excluding diaryl/α,β-unsaturated/α-hetero) is 1. The number of aromatic nitrogens is 2. The van der Waals surface area contributed by atoms with Crippen LogP contribution in [-0.4, -0.2) is 15.6 Å². The molecular formula is C15H18FN3O. The SMILES string of the molecule is CCc1nn(C)cc1CNc1cccc(F)c1C(C)=O. The van der Waals surface area contributed by atoms with Crippen molar-refractivity contribution in [2.75, 3.05) is 5.32 Å². The fourth-order valence-electron chi connectivity index (χ4n) is 2.25. The molecule has 0 aliphatic rings. The van der Waals surface area contributed by atoms with Gasteiger partial charge in [0.1, 0.15) is 5.82 Å². The Balaban J connectivity index is 2.23. The number of ketones is 1. The van der Waals surface area contributed by atoms with Gasteiger partial charge in [0.2, 0.25) is 0 Å². The molecule has 2 rings (SSSR count). The van der Waals surface area contributed by atoms with E-state index in [1.54, 1.807) is 16.8 Å². The molecule has 1 heterocycles. The van der Waals surface area contributed by atoms with Gasteiger partial charge in [-0.1, -0.05) is 13.0 Å². The Kier molecular flexibility index (Phi) is 4.17. The highest BCUT2D eigenvalue weighted by atomic mass is 19.1. The molecule has 0 fully saturated rings. The van der Waals surface area contributed by atoms with Gasteiger partial charge < -0.3 is 5.32 Å². The summed E-state index contributed by atoms with van der Waals surface area (Å²) in [4.78, 5) is 11.5. The molecule has 5 heteroatoms. The summed E-state index contributed by atoms with van der Waals surface area (Å²) in [5.74, 6) is -0.781. The van der Waals surface area contributed by atoms with Crippen molar-refractivity contribution >= 4 is 11.5 Å². The van der Waals surface area contributed by atoms with E-state index in [4.69, 9.17) is 0 Å². The molecule has 1 N–H and O–H groups in total. The zero-order valence-electron chi connectivity index (χ0n) is 11.9. The van der Waals surface area contributed by atoms with E-state index < -0.39 is 5.82 Å². The molecule has 20 heavy (non-hydrogen) atoms. The molecule has 0 saturated heterocycles. The molecular weight excluding hydrogens is 257 g/mol. The van der Waals surface area contributed by atoms with Gasteiger partial charge in [0, 0.05) is 31.0 Å². The van der Waals surface area contributed by atoms with Crippen LogP contribution >= 0.6 is 0 Å². The highest BCUT2D eigenvalue weighted by Gasteiger charge is 2.13. The van der Waals surface area contributed by atoms with Crippen LogP contribution in [0.2, 0.25) is 0 Å². The number of carbonyl (C=O) groups excluding carboxylic acids is 1. The summed E-state index contributed by atoms with van der Waals surface area (Å²) in [6.45, 7) is 3.92. The van der Waals surface area contributed by atoms with Crippen LogP contribution < -0.4 is 5.32 Å². The molecule has 2 aromatic rings. The van der Waals surface area contributed by atoms with Gasteiger partial charge in [0.05, 0.1) is 11.3 Å². The minimum Gasteiger partial charge on any atom is -0.380 e. The van der Waals surface area contributed by atoms with Gasteiger partial charge >= 0.3 is 0 Å². The minimum absolute atomic E-state index is 0.106. The smallest absolute Gasteiger partial charge is 0.164 e. The van der Waals surface area contributed by atoms with Crippen LogP contribution in [0.5, 0.6) is 0 Å². The first-order valence-corrected chi connectivity index (χ1v) is 6.57. The van der Waals surface area contributed by atoms with Crippen molar-refractivity contribution in [3.8, 4) is 0 Å². The van der Waals surface area contributed by atoms with Crippen LogP contribution in [0.1, 0.15) is 35.5 Å². The summed E-state index contributed by atoms with van der Waals surface area (Å²) in [5.41, 5.74) is 2.67. The highest BCUT2D eigenvalue weighted by Crippen LogP contribution is 2.21. The fourth-order valence-corrected chi connectivity index (χ4v) is 2.25. The molecule has 0 aliphatic carbocycles. The summed E-state index contributed by atoms with van der Waals surface area (Å²) in [6.07, 6.45) is 2.76. The van der Waals surface area contributed by atoms with Crippen LogP contribution in [0.25, 0.3) is 0 Å². The number of aryl methyl sites for hydroxylation is 2. The topological polar surface area (TPSA) is 46.9 Å². The maximum absolute atomic E-state index is 13.7. The zero-order valence-corrected chi connectivity index (χ0v) is 11.9. The number of anilines is 1. The first-order valence-electron chi connectivity index (χ1n) is 6.57. The molecule has 0 saturated carbocycles. The average Bonchev–Trinajstić information content (AvgIpc) is 2.76. The predicted molar refractivity (Wildman–Crippen MR) is 76.3 cm³/mol. The normalized spacial score (nSPS) is 10.6. The molecule has 1 aromatic carbocycles. The number of hydrogen-bond acceptors (Lipinski definition) is 3. The number of nitrogens with one attached hydrogen (secondary N) is 1. The third kappa shape index (κ3) is 2.87. The maximum atomic E-state index is 13.7. The average molecular weight is 275 g/mol. The lowest BCUT2D eigenvalue weighted by Crippen LogP contribution is -2.07. The number of benzene rings is 1. The lowest BCUT2D eigenvalue weighted by molar-refractivity contribution is 0.101. The molecule has 0 amide bonds. The van der Waals surface area contributed by atoms with E-state index in [0.717, 1.165) is 17.7 Å². The second kappa shape index (κ2) is 5.86. The van der Waals surface area contributed by atoms with Crippen molar-refractivity contribution in [3.63, 3.8) is 0 Å². The standard InChI is InChI=1S/C15H18FN3O/c1-4-13-11(9-19(3)18-13)8-17-14-7-5-6-12(16)15(14)10(2)20/h5-7,9,17H,4,8H2,1-3H3. The van der Waals surface area contributed by atoms with E-state index in [9.17, 15) is 9.18 Å². The third-order valence-corrected chi connectivity index (χ3v) is 3.16. The second-order valence-corrected chi connectivity index (χ2v) is 4.70. The van der Waals surface area contributed by atoms with Crippen LogP contribution in [0.3, 0.4) is 0 Å². The Hall–Kier alpha value is -2.17. The van der Waals surface area contributed by atoms with Crippen molar-refractivity contribution in [3.05, 3.63) is 47.0 Å². The highest BCUT2D eigenvalue weighted by molar-refractivity contribution is 5.99. The van der Waals surface area contributed by atoms with E-state index in [1.165, 1.54) is 13.0 Å². The predicted octanol–water partition coefficient (Wildman–Crippen LogP) is 2.94. The molecule has 1 aromatic heterocycles. The van der Waals surface area contributed by atoms with Crippen LogP contribution in [0.4, 0.5) is 10.1 Å².